The van der Waals surface area contributed by atoms with E-state index >= 15 is 0 Å². The van der Waals surface area contributed by atoms with Crippen LogP contribution in [-0.4, -0.2) is 115 Å². The van der Waals surface area contributed by atoms with E-state index in [1.807, 2.05) is 0 Å². The van der Waals surface area contributed by atoms with E-state index in [0.29, 0.717) is 0 Å². The van der Waals surface area contributed by atoms with Crippen LogP contribution in [0.2, 0.25) is 0 Å². The maximum Gasteiger partial charge on any atom is 0.269 e. The van der Waals surface area contributed by atoms with Crippen LogP contribution in [-0.2, 0) is 14.2 Å². The second kappa shape index (κ2) is 10.3. The Hall–Kier alpha value is -1.98. The monoisotopic (exact) mass is 463 g/mol. The molecule has 2 aliphatic heterocycles. The zero-order valence-corrected chi connectivity index (χ0v) is 16.5. The lowest BCUT2D eigenvalue weighted by Crippen LogP contribution is -2.65. The molecular weight excluding hydrogens is 438 g/mol. The van der Waals surface area contributed by atoms with E-state index in [1.165, 1.54) is 12.1 Å². The van der Waals surface area contributed by atoms with Crippen LogP contribution in [0.25, 0.3) is 0 Å². The molecular formula is C18H25NO13. The van der Waals surface area contributed by atoms with Crippen molar-refractivity contribution >= 4 is 5.69 Å². The molecule has 10 atom stereocenters. The van der Waals surface area contributed by atoms with Gasteiger partial charge in [-0.05, 0) is 12.1 Å². The predicted octanol–water partition coefficient (Wildman–Crippen LogP) is -3.40. The topological polar surface area (TPSA) is 222 Å². The number of hydrogen-bond donors (Lipinski definition) is 7. The van der Waals surface area contributed by atoms with Crippen molar-refractivity contribution in [3.63, 3.8) is 0 Å². The van der Waals surface area contributed by atoms with Crippen LogP contribution in [0.15, 0.2) is 24.3 Å². The van der Waals surface area contributed by atoms with E-state index < -0.39 is 79.5 Å². The van der Waals surface area contributed by atoms with E-state index in [4.69, 9.17) is 18.9 Å². The standard InChI is InChI=1S/C18H25NO13/c20-5-9-11(22)12(23)14(25)18(30-9)32-16-10(6-21)31-17(15(26)13(16)24)29-8-3-1-7(2-4-8)19(27)28/h1-4,9-18,20-26H,5-6H2/t9-,10-,11-,12+,13-,14-,15-,16+,17+,18+/m1/s1. The summed E-state index contributed by atoms with van der Waals surface area (Å²) >= 11 is 0. The fraction of sp³-hybridized carbons (Fsp3) is 0.667. The van der Waals surface area contributed by atoms with Gasteiger partial charge in [0.25, 0.3) is 5.69 Å². The molecule has 0 spiro atoms. The summed E-state index contributed by atoms with van der Waals surface area (Å²) in [5.74, 6) is 0.0804. The number of nitrogens with zero attached hydrogens (tertiary/aromatic N) is 1. The van der Waals surface area contributed by atoms with Gasteiger partial charge in [-0.3, -0.25) is 10.1 Å². The smallest absolute Gasteiger partial charge is 0.269 e. The van der Waals surface area contributed by atoms with Crippen LogP contribution >= 0.6 is 0 Å². The Morgan fingerprint density at radius 3 is 1.94 bits per heavy atom. The molecule has 14 nitrogen and oxygen atoms in total. The summed E-state index contributed by atoms with van der Waals surface area (Å²) in [5, 5.41) is 80.4. The summed E-state index contributed by atoms with van der Waals surface area (Å²) in [6, 6.07) is 4.83. The third-order valence-corrected chi connectivity index (χ3v) is 5.26. The lowest BCUT2D eigenvalue weighted by Gasteiger charge is -2.45. The largest absolute Gasteiger partial charge is 0.462 e. The highest BCUT2D eigenvalue weighted by Crippen LogP contribution is 2.30. The van der Waals surface area contributed by atoms with Gasteiger partial charge in [0.15, 0.2) is 6.29 Å². The summed E-state index contributed by atoms with van der Waals surface area (Å²) in [6.45, 7) is -1.42. The molecule has 0 saturated carbocycles. The number of rotatable bonds is 7. The van der Waals surface area contributed by atoms with Gasteiger partial charge in [0.2, 0.25) is 6.29 Å². The summed E-state index contributed by atoms with van der Waals surface area (Å²) in [7, 11) is 0. The fourth-order valence-corrected chi connectivity index (χ4v) is 3.43. The van der Waals surface area contributed by atoms with E-state index in [1.54, 1.807) is 0 Å². The molecule has 3 rings (SSSR count). The Morgan fingerprint density at radius 1 is 0.812 bits per heavy atom. The molecule has 0 radical (unpaired) electrons. The summed E-state index contributed by atoms with van der Waals surface area (Å²) < 4.78 is 21.5. The van der Waals surface area contributed by atoms with Crippen LogP contribution < -0.4 is 4.74 Å². The van der Waals surface area contributed by atoms with Gasteiger partial charge in [-0.1, -0.05) is 0 Å². The van der Waals surface area contributed by atoms with Crippen molar-refractivity contribution < 1.29 is 59.6 Å². The average Bonchev–Trinajstić information content (AvgIpc) is 2.79. The highest BCUT2D eigenvalue weighted by atomic mass is 16.7. The van der Waals surface area contributed by atoms with Gasteiger partial charge < -0.3 is 54.7 Å². The molecule has 0 aromatic heterocycles. The third kappa shape index (κ3) is 4.99. The third-order valence-electron chi connectivity index (χ3n) is 5.26. The minimum Gasteiger partial charge on any atom is -0.462 e. The van der Waals surface area contributed by atoms with Gasteiger partial charge >= 0.3 is 0 Å². The number of nitro groups is 1. The highest BCUT2D eigenvalue weighted by molar-refractivity contribution is 5.36. The molecule has 1 aromatic rings. The number of non-ortho nitro benzene ring substituents is 1. The number of aliphatic hydroxyl groups is 7. The first-order valence-electron chi connectivity index (χ1n) is 9.67. The van der Waals surface area contributed by atoms with Gasteiger partial charge in [-0.25, -0.2) is 0 Å². The Kier molecular flexibility index (Phi) is 7.94. The normalized spacial score (nSPS) is 40.1. The molecule has 0 unspecified atom stereocenters. The van der Waals surface area contributed by atoms with Crippen molar-refractivity contribution in [3.8, 4) is 5.75 Å². The first-order valence-corrected chi connectivity index (χ1v) is 9.67. The zero-order chi connectivity index (χ0) is 23.6. The van der Waals surface area contributed by atoms with Crippen LogP contribution in [0.4, 0.5) is 5.69 Å². The number of benzene rings is 1. The molecule has 0 bridgehead atoms. The lowest BCUT2D eigenvalue weighted by atomic mass is 9.97. The van der Waals surface area contributed by atoms with Crippen LogP contribution in [0.1, 0.15) is 0 Å². The van der Waals surface area contributed by atoms with Gasteiger partial charge in [-0.2, -0.15) is 0 Å². The average molecular weight is 463 g/mol. The quantitative estimate of drug-likeness (QED) is 0.155. The highest BCUT2D eigenvalue weighted by Gasteiger charge is 2.51. The molecule has 14 heteroatoms. The minimum atomic E-state index is -1.77. The van der Waals surface area contributed by atoms with Crippen molar-refractivity contribution in [3.05, 3.63) is 34.4 Å². The summed E-state index contributed by atoms with van der Waals surface area (Å²) in [4.78, 5) is 10.1. The molecule has 32 heavy (non-hydrogen) atoms. The second-order valence-electron chi connectivity index (χ2n) is 7.37. The second-order valence-corrected chi connectivity index (χ2v) is 7.37. The maximum atomic E-state index is 10.7. The molecule has 0 amide bonds. The van der Waals surface area contributed by atoms with Gasteiger partial charge in [-0.15, -0.1) is 0 Å². The molecule has 0 aliphatic carbocycles. The van der Waals surface area contributed by atoms with Gasteiger partial charge in [0.1, 0.15) is 54.6 Å². The molecule has 1 aromatic carbocycles. The first-order chi connectivity index (χ1) is 15.2. The first kappa shape index (κ1) is 24.7. The van der Waals surface area contributed by atoms with E-state index in [0.717, 1.165) is 12.1 Å². The van der Waals surface area contributed by atoms with E-state index in [2.05, 4.69) is 0 Å². The van der Waals surface area contributed by atoms with Crippen LogP contribution in [0.3, 0.4) is 0 Å². The molecule has 7 N–H and O–H groups in total. The van der Waals surface area contributed by atoms with Crippen molar-refractivity contribution in [2.24, 2.45) is 0 Å². The molecule has 2 saturated heterocycles. The maximum absolute atomic E-state index is 10.7. The predicted molar refractivity (Wildman–Crippen MR) is 100 cm³/mol. The van der Waals surface area contributed by atoms with Crippen LogP contribution in [0, 0.1) is 10.1 Å². The molecule has 2 aliphatic rings. The number of ether oxygens (including phenoxy) is 4. The number of aliphatic hydroxyl groups excluding tert-OH is 7. The Morgan fingerprint density at radius 2 is 1.38 bits per heavy atom. The summed E-state index contributed by atoms with van der Waals surface area (Å²) in [6.07, 6.45) is -15.7. The number of hydrogen-bond acceptors (Lipinski definition) is 13. The molecule has 180 valence electrons. The minimum absolute atomic E-state index is 0.0804. The Balaban J connectivity index is 1.70. The molecule has 2 fully saturated rings. The van der Waals surface area contributed by atoms with Crippen molar-refractivity contribution in [2.75, 3.05) is 13.2 Å². The van der Waals surface area contributed by atoms with Crippen molar-refractivity contribution in [1.29, 1.82) is 0 Å². The SMILES string of the molecule is O=[N+]([O-])c1ccc(O[C@H]2O[C@H](CO)[C@H](O[C@@H]3O[C@H](CO)[C@@H](O)[C@H](O)[C@H]3O)[C@H](O)[C@H]2O)cc1. The van der Waals surface area contributed by atoms with Crippen LogP contribution in [0.5, 0.6) is 5.75 Å². The van der Waals surface area contributed by atoms with Gasteiger partial charge in [0, 0.05) is 12.1 Å². The van der Waals surface area contributed by atoms with E-state index in [9.17, 15) is 45.9 Å². The fourth-order valence-electron chi connectivity index (χ4n) is 3.43. The van der Waals surface area contributed by atoms with E-state index in [-0.39, 0.29) is 11.4 Å². The Bertz CT molecular complexity index is 760. The molecule has 2 heterocycles. The van der Waals surface area contributed by atoms with Gasteiger partial charge in [0.05, 0.1) is 18.1 Å². The van der Waals surface area contributed by atoms with Crippen molar-refractivity contribution in [1.82, 2.24) is 0 Å². The van der Waals surface area contributed by atoms with Crippen molar-refractivity contribution in [2.45, 2.75) is 61.4 Å². The summed E-state index contributed by atoms with van der Waals surface area (Å²) in [5.41, 5.74) is -0.191. The lowest BCUT2D eigenvalue weighted by molar-refractivity contribution is -0.384. The number of nitro benzene ring substituents is 1. The Labute approximate surface area is 180 Å². The zero-order valence-electron chi connectivity index (χ0n) is 16.5.